The Morgan fingerprint density at radius 2 is 2.00 bits per heavy atom. The van der Waals surface area contributed by atoms with Crippen LogP contribution < -0.4 is 0 Å². The van der Waals surface area contributed by atoms with Gasteiger partial charge in [-0.2, -0.15) is 0 Å². The summed E-state index contributed by atoms with van der Waals surface area (Å²) in [6.45, 7) is 5.54. The molecule has 1 fully saturated rings. The molecule has 0 unspecified atom stereocenters. The fraction of sp³-hybridized carbons (Fsp3) is 0.833. The van der Waals surface area contributed by atoms with E-state index in [-0.39, 0.29) is 0 Å². The maximum atomic E-state index is 4.36. The number of hydrogen-bond acceptors (Lipinski definition) is 2. The molecule has 0 radical (unpaired) electrons. The molecule has 0 amide bonds. The van der Waals surface area contributed by atoms with Crippen molar-refractivity contribution < 1.29 is 0 Å². The highest BCUT2D eigenvalue weighted by Gasteiger charge is 2.29. The van der Waals surface area contributed by atoms with Gasteiger partial charge in [-0.15, -0.1) is 10.2 Å². The first-order valence-electron chi connectivity index (χ1n) is 6.28. The van der Waals surface area contributed by atoms with Crippen LogP contribution in [0.2, 0.25) is 0 Å². The van der Waals surface area contributed by atoms with E-state index in [1.807, 2.05) is 0 Å². The molecule has 1 aliphatic carbocycles. The minimum absolute atomic E-state index is 0.722. The SMILES string of the molecule is CCCCc1nnc(C2CC2)n1CCC. The molecule has 0 spiro atoms. The van der Waals surface area contributed by atoms with E-state index in [1.165, 1.54) is 43.8 Å². The van der Waals surface area contributed by atoms with E-state index in [0.29, 0.717) is 0 Å². The van der Waals surface area contributed by atoms with Gasteiger partial charge in [-0.1, -0.05) is 20.3 Å². The molecule has 84 valence electrons. The van der Waals surface area contributed by atoms with Crippen LogP contribution in [0.25, 0.3) is 0 Å². The first-order valence-corrected chi connectivity index (χ1v) is 6.28. The van der Waals surface area contributed by atoms with Crippen LogP contribution in [0.5, 0.6) is 0 Å². The van der Waals surface area contributed by atoms with Crippen LogP contribution in [0.1, 0.15) is 63.5 Å². The van der Waals surface area contributed by atoms with Gasteiger partial charge in [-0.05, 0) is 25.7 Å². The first-order chi connectivity index (χ1) is 7.36. The standard InChI is InChI=1S/C12H21N3/c1-3-5-6-11-13-14-12(10-7-8-10)15(11)9-4-2/h10H,3-9H2,1-2H3. The van der Waals surface area contributed by atoms with Gasteiger partial charge >= 0.3 is 0 Å². The summed E-state index contributed by atoms with van der Waals surface area (Å²) in [5, 5.41) is 8.71. The van der Waals surface area contributed by atoms with Crippen molar-refractivity contribution in [3.63, 3.8) is 0 Å². The number of aromatic nitrogens is 3. The molecule has 1 aromatic heterocycles. The fourth-order valence-electron chi connectivity index (χ4n) is 1.98. The lowest BCUT2D eigenvalue weighted by Crippen LogP contribution is -2.07. The van der Waals surface area contributed by atoms with Crippen molar-refractivity contribution in [1.29, 1.82) is 0 Å². The lowest BCUT2D eigenvalue weighted by molar-refractivity contribution is 0.596. The number of rotatable bonds is 6. The van der Waals surface area contributed by atoms with Crippen molar-refractivity contribution in [3.8, 4) is 0 Å². The molecular formula is C12H21N3. The van der Waals surface area contributed by atoms with Gasteiger partial charge in [0.25, 0.3) is 0 Å². The van der Waals surface area contributed by atoms with Gasteiger partial charge in [0.2, 0.25) is 0 Å². The number of aryl methyl sites for hydroxylation is 1. The topological polar surface area (TPSA) is 30.7 Å². The van der Waals surface area contributed by atoms with Crippen molar-refractivity contribution in [2.24, 2.45) is 0 Å². The molecular weight excluding hydrogens is 186 g/mol. The van der Waals surface area contributed by atoms with E-state index in [9.17, 15) is 0 Å². The van der Waals surface area contributed by atoms with E-state index in [2.05, 4.69) is 28.6 Å². The Labute approximate surface area is 91.9 Å². The summed E-state index contributed by atoms with van der Waals surface area (Å²) in [4.78, 5) is 0. The van der Waals surface area contributed by atoms with Crippen LogP contribution in [0, 0.1) is 0 Å². The summed E-state index contributed by atoms with van der Waals surface area (Å²) >= 11 is 0. The molecule has 1 aliphatic rings. The van der Waals surface area contributed by atoms with Crippen LogP contribution in [0.4, 0.5) is 0 Å². The summed E-state index contributed by atoms with van der Waals surface area (Å²) < 4.78 is 2.37. The number of nitrogens with zero attached hydrogens (tertiary/aromatic N) is 3. The highest BCUT2D eigenvalue weighted by atomic mass is 15.3. The summed E-state index contributed by atoms with van der Waals surface area (Å²) in [7, 11) is 0. The second kappa shape index (κ2) is 4.77. The third-order valence-corrected chi connectivity index (χ3v) is 3.00. The zero-order chi connectivity index (χ0) is 10.7. The number of hydrogen-bond donors (Lipinski definition) is 0. The van der Waals surface area contributed by atoms with Crippen LogP contribution in [-0.4, -0.2) is 14.8 Å². The van der Waals surface area contributed by atoms with Crippen molar-refractivity contribution in [1.82, 2.24) is 14.8 Å². The molecule has 0 saturated heterocycles. The predicted octanol–water partition coefficient (Wildman–Crippen LogP) is 2.91. The van der Waals surface area contributed by atoms with E-state index < -0.39 is 0 Å². The Balaban J connectivity index is 2.13. The maximum absolute atomic E-state index is 4.36. The normalized spacial score (nSPS) is 15.9. The largest absolute Gasteiger partial charge is 0.315 e. The lowest BCUT2D eigenvalue weighted by Gasteiger charge is -2.07. The van der Waals surface area contributed by atoms with E-state index in [4.69, 9.17) is 0 Å². The summed E-state index contributed by atoms with van der Waals surface area (Å²) in [5.74, 6) is 3.18. The maximum Gasteiger partial charge on any atom is 0.136 e. The van der Waals surface area contributed by atoms with Gasteiger partial charge in [0.1, 0.15) is 11.6 Å². The van der Waals surface area contributed by atoms with Gasteiger partial charge in [0, 0.05) is 18.9 Å². The second-order valence-electron chi connectivity index (χ2n) is 4.50. The van der Waals surface area contributed by atoms with Gasteiger partial charge in [-0.3, -0.25) is 0 Å². The van der Waals surface area contributed by atoms with Crippen molar-refractivity contribution in [3.05, 3.63) is 11.6 Å². The molecule has 0 N–H and O–H groups in total. The van der Waals surface area contributed by atoms with Crippen LogP contribution in [-0.2, 0) is 13.0 Å². The van der Waals surface area contributed by atoms with E-state index in [0.717, 1.165) is 18.9 Å². The fourth-order valence-corrected chi connectivity index (χ4v) is 1.98. The van der Waals surface area contributed by atoms with Gasteiger partial charge in [0.05, 0.1) is 0 Å². The van der Waals surface area contributed by atoms with E-state index >= 15 is 0 Å². The summed E-state index contributed by atoms with van der Waals surface area (Å²) in [6.07, 6.45) is 7.36. The monoisotopic (exact) mass is 207 g/mol. The van der Waals surface area contributed by atoms with Crippen LogP contribution in [0.15, 0.2) is 0 Å². The Kier molecular flexibility index (Phi) is 3.39. The quantitative estimate of drug-likeness (QED) is 0.718. The molecule has 2 rings (SSSR count). The van der Waals surface area contributed by atoms with Gasteiger partial charge in [0.15, 0.2) is 0 Å². The van der Waals surface area contributed by atoms with Crippen LogP contribution in [0.3, 0.4) is 0 Å². The summed E-state index contributed by atoms with van der Waals surface area (Å²) in [5.41, 5.74) is 0. The molecule has 1 heterocycles. The first kappa shape index (κ1) is 10.7. The van der Waals surface area contributed by atoms with Gasteiger partial charge < -0.3 is 4.57 Å². The predicted molar refractivity (Wildman–Crippen MR) is 60.9 cm³/mol. The molecule has 3 nitrogen and oxygen atoms in total. The molecule has 1 aromatic rings. The van der Waals surface area contributed by atoms with Crippen molar-refractivity contribution in [2.45, 2.75) is 64.8 Å². The van der Waals surface area contributed by atoms with Crippen molar-refractivity contribution in [2.75, 3.05) is 0 Å². The van der Waals surface area contributed by atoms with Crippen LogP contribution >= 0.6 is 0 Å². The third-order valence-electron chi connectivity index (χ3n) is 3.00. The Morgan fingerprint density at radius 3 is 2.60 bits per heavy atom. The van der Waals surface area contributed by atoms with Crippen molar-refractivity contribution >= 4 is 0 Å². The molecule has 0 atom stereocenters. The molecule has 0 bridgehead atoms. The lowest BCUT2D eigenvalue weighted by atomic mass is 10.2. The smallest absolute Gasteiger partial charge is 0.136 e. The van der Waals surface area contributed by atoms with Gasteiger partial charge in [-0.25, -0.2) is 0 Å². The second-order valence-corrected chi connectivity index (χ2v) is 4.50. The third kappa shape index (κ3) is 2.39. The summed E-state index contributed by atoms with van der Waals surface area (Å²) in [6, 6.07) is 0. The average Bonchev–Trinajstić information content (AvgIpc) is 3.01. The minimum atomic E-state index is 0.722. The number of unbranched alkanes of at least 4 members (excludes halogenated alkanes) is 1. The average molecular weight is 207 g/mol. The zero-order valence-electron chi connectivity index (χ0n) is 9.87. The highest BCUT2D eigenvalue weighted by molar-refractivity contribution is 5.08. The minimum Gasteiger partial charge on any atom is -0.315 e. The molecule has 3 heteroatoms. The molecule has 0 aliphatic heterocycles. The zero-order valence-corrected chi connectivity index (χ0v) is 9.87. The van der Waals surface area contributed by atoms with E-state index in [1.54, 1.807) is 0 Å². The Bertz CT molecular complexity index is 313. The molecule has 1 saturated carbocycles. The molecule has 0 aromatic carbocycles. The highest BCUT2D eigenvalue weighted by Crippen LogP contribution is 2.39. The Hall–Kier alpha value is -0.860. The Morgan fingerprint density at radius 1 is 1.20 bits per heavy atom. The molecule has 15 heavy (non-hydrogen) atoms.